The topological polar surface area (TPSA) is 82.2 Å². The second-order valence-corrected chi connectivity index (χ2v) is 8.35. The van der Waals surface area contributed by atoms with E-state index in [0.717, 1.165) is 11.3 Å². The van der Waals surface area contributed by atoms with Gasteiger partial charge < -0.3 is 9.64 Å². The lowest BCUT2D eigenvalue weighted by atomic mass is 10.2. The molecular formula is C20H21N5O3S. The molecule has 5 rings (SSSR count). The second kappa shape index (κ2) is 7.31. The number of aryl methyl sites for hydroxylation is 1. The van der Waals surface area contributed by atoms with Gasteiger partial charge in [-0.25, -0.2) is 9.67 Å². The zero-order valence-corrected chi connectivity index (χ0v) is 16.9. The number of hydrogen-bond donors (Lipinski definition) is 0. The van der Waals surface area contributed by atoms with Gasteiger partial charge in [0.1, 0.15) is 5.39 Å². The van der Waals surface area contributed by atoms with Crippen molar-refractivity contribution in [2.75, 3.05) is 32.1 Å². The summed E-state index contributed by atoms with van der Waals surface area (Å²) in [4.78, 5) is 32.4. The summed E-state index contributed by atoms with van der Waals surface area (Å²) < 4.78 is 8.69. The molecule has 0 spiro atoms. The van der Waals surface area contributed by atoms with Crippen LogP contribution in [0.25, 0.3) is 16.7 Å². The number of carbonyl (C=O) groups excluding carboxylic acids is 1. The molecule has 0 N–H and O–H groups in total. The Morgan fingerprint density at radius 1 is 1.24 bits per heavy atom. The van der Waals surface area contributed by atoms with Crippen molar-refractivity contribution >= 4 is 28.7 Å². The highest BCUT2D eigenvalue weighted by Crippen LogP contribution is 2.33. The Morgan fingerprint density at radius 2 is 2.00 bits per heavy atom. The quantitative estimate of drug-likeness (QED) is 0.611. The molecule has 3 aromatic rings. The first-order valence-electron chi connectivity index (χ1n) is 9.67. The smallest absolute Gasteiger partial charge is 0.265 e. The third kappa shape index (κ3) is 3.24. The van der Waals surface area contributed by atoms with E-state index < -0.39 is 0 Å². The first-order chi connectivity index (χ1) is 14.1. The number of morpholine rings is 1. The average molecular weight is 411 g/mol. The molecule has 29 heavy (non-hydrogen) atoms. The predicted molar refractivity (Wildman–Crippen MR) is 110 cm³/mol. The van der Waals surface area contributed by atoms with Crippen molar-refractivity contribution in [2.24, 2.45) is 0 Å². The second-order valence-electron chi connectivity index (χ2n) is 7.36. The van der Waals surface area contributed by atoms with E-state index >= 15 is 0 Å². The first-order valence-corrected chi connectivity index (χ1v) is 10.7. The number of benzene rings is 1. The lowest BCUT2D eigenvalue weighted by molar-refractivity contribution is -0.135. The molecular weight excluding hydrogens is 390 g/mol. The van der Waals surface area contributed by atoms with Crippen molar-refractivity contribution < 1.29 is 9.53 Å². The van der Waals surface area contributed by atoms with Crippen LogP contribution >= 0.6 is 11.8 Å². The van der Waals surface area contributed by atoms with E-state index in [1.165, 1.54) is 11.8 Å². The van der Waals surface area contributed by atoms with Gasteiger partial charge in [-0.2, -0.15) is 5.10 Å². The van der Waals surface area contributed by atoms with Crippen LogP contribution < -0.4 is 5.56 Å². The van der Waals surface area contributed by atoms with Crippen molar-refractivity contribution in [1.29, 1.82) is 0 Å². The number of fused-ring (bicyclic) bond motifs is 2. The van der Waals surface area contributed by atoms with Crippen molar-refractivity contribution in [3.05, 3.63) is 46.4 Å². The van der Waals surface area contributed by atoms with E-state index in [4.69, 9.17) is 9.72 Å². The van der Waals surface area contributed by atoms with E-state index in [1.54, 1.807) is 15.4 Å². The molecule has 1 amide bonds. The van der Waals surface area contributed by atoms with Crippen LogP contribution in [0.2, 0.25) is 0 Å². The fraction of sp³-hybridized carbons (Fsp3) is 0.400. The highest BCUT2D eigenvalue weighted by Gasteiger charge is 2.31. The SMILES string of the molecule is Cc1ccc(-n2ncc3c(=O)n4c(nc32)SCC4CC(=O)N2CCOCC2)cc1. The number of aromatic nitrogens is 4. The summed E-state index contributed by atoms with van der Waals surface area (Å²) in [6.07, 6.45) is 1.88. The van der Waals surface area contributed by atoms with E-state index in [1.807, 2.05) is 36.1 Å². The molecule has 8 nitrogen and oxygen atoms in total. The van der Waals surface area contributed by atoms with Gasteiger partial charge in [0.15, 0.2) is 10.8 Å². The van der Waals surface area contributed by atoms with Crippen LogP contribution in [0.5, 0.6) is 0 Å². The molecule has 1 aromatic carbocycles. The summed E-state index contributed by atoms with van der Waals surface area (Å²) in [6.45, 7) is 4.39. The van der Waals surface area contributed by atoms with Crippen LogP contribution in [0.3, 0.4) is 0 Å². The number of rotatable bonds is 3. The number of carbonyl (C=O) groups is 1. The van der Waals surface area contributed by atoms with E-state index in [2.05, 4.69) is 5.10 Å². The van der Waals surface area contributed by atoms with Gasteiger partial charge in [-0.1, -0.05) is 29.5 Å². The molecule has 0 saturated carbocycles. The van der Waals surface area contributed by atoms with Crippen LogP contribution in [0.4, 0.5) is 0 Å². The Hall–Kier alpha value is -2.65. The Bertz CT molecular complexity index is 1130. The normalized spacial score (nSPS) is 18.9. The molecule has 2 aliphatic heterocycles. The molecule has 0 aliphatic carbocycles. The van der Waals surface area contributed by atoms with Crippen molar-refractivity contribution in [3.8, 4) is 5.69 Å². The summed E-state index contributed by atoms with van der Waals surface area (Å²) in [7, 11) is 0. The van der Waals surface area contributed by atoms with Gasteiger partial charge in [0, 0.05) is 25.3 Å². The highest BCUT2D eigenvalue weighted by atomic mass is 32.2. The predicted octanol–water partition coefficient (Wildman–Crippen LogP) is 1.79. The van der Waals surface area contributed by atoms with Crippen molar-refractivity contribution in [3.63, 3.8) is 0 Å². The molecule has 1 fully saturated rings. The van der Waals surface area contributed by atoms with Crippen LogP contribution in [0.1, 0.15) is 18.0 Å². The number of nitrogens with zero attached hydrogens (tertiary/aromatic N) is 5. The van der Waals surface area contributed by atoms with Gasteiger partial charge in [0.05, 0.1) is 31.1 Å². The summed E-state index contributed by atoms with van der Waals surface area (Å²) >= 11 is 1.52. The van der Waals surface area contributed by atoms with E-state index in [-0.39, 0.29) is 17.5 Å². The zero-order valence-electron chi connectivity index (χ0n) is 16.1. The van der Waals surface area contributed by atoms with Gasteiger partial charge in [-0.3, -0.25) is 14.2 Å². The third-order valence-electron chi connectivity index (χ3n) is 5.42. The van der Waals surface area contributed by atoms with Gasteiger partial charge in [0.2, 0.25) is 5.91 Å². The average Bonchev–Trinajstić information content (AvgIpc) is 3.34. The van der Waals surface area contributed by atoms with Crippen LogP contribution in [-0.2, 0) is 9.53 Å². The molecule has 0 bridgehead atoms. The highest BCUT2D eigenvalue weighted by molar-refractivity contribution is 7.99. The minimum Gasteiger partial charge on any atom is -0.378 e. The van der Waals surface area contributed by atoms with Gasteiger partial charge >= 0.3 is 0 Å². The van der Waals surface area contributed by atoms with Gasteiger partial charge in [-0.05, 0) is 19.1 Å². The van der Waals surface area contributed by atoms with Crippen LogP contribution in [0.15, 0.2) is 40.4 Å². The van der Waals surface area contributed by atoms with Crippen LogP contribution in [0, 0.1) is 6.92 Å². The third-order valence-corrected chi connectivity index (χ3v) is 6.52. The minimum atomic E-state index is -0.183. The van der Waals surface area contributed by atoms with Crippen molar-refractivity contribution in [2.45, 2.75) is 24.5 Å². The molecule has 2 aromatic heterocycles. The van der Waals surface area contributed by atoms with Gasteiger partial charge in [0.25, 0.3) is 5.56 Å². The number of ether oxygens (including phenoxy) is 1. The molecule has 2 aliphatic rings. The summed E-state index contributed by atoms with van der Waals surface area (Å²) in [5.41, 5.74) is 2.44. The first kappa shape index (κ1) is 18.4. The van der Waals surface area contributed by atoms with E-state index in [9.17, 15) is 9.59 Å². The van der Waals surface area contributed by atoms with Crippen LogP contribution in [-0.4, -0.2) is 62.2 Å². The molecule has 1 atom stereocenters. The molecule has 9 heteroatoms. The summed E-state index contributed by atoms with van der Waals surface area (Å²) in [5, 5.41) is 5.52. The maximum atomic E-state index is 13.2. The fourth-order valence-electron chi connectivity index (χ4n) is 3.80. The molecule has 4 heterocycles. The van der Waals surface area contributed by atoms with Crippen molar-refractivity contribution in [1.82, 2.24) is 24.2 Å². The Labute approximate surface area is 171 Å². The largest absolute Gasteiger partial charge is 0.378 e. The maximum absolute atomic E-state index is 13.2. The van der Waals surface area contributed by atoms with Gasteiger partial charge in [-0.15, -0.1) is 0 Å². The lowest BCUT2D eigenvalue weighted by Crippen LogP contribution is -2.42. The lowest BCUT2D eigenvalue weighted by Gasteiger charge is -2.28. The summed E-state index contributed by atoms with van der Waals surface area (Å²) in [6, 6.07) is 7.75. The molecule has 1 saturated heterocycles. The molecule has 0 radical (unpaired) electrons. The zero-order chi connectivity index (χ0) is 20.0. The minimum absolute atomic E-state index is 0.0640. The monoisotopic (exact) mass is 411 g/mol. The Kier molecular flexibility index (Phi) is 4.63. The Balaban J connectivity index is 1.48. The fourth-order valence-corrected chi connectivity index (χ4v) is 4.93. The number of hydrogen-bond acceptors (Lipinski definition) is 6. The number of amides is 1. The standard InChI is InChI=1S/C20H21N5O3S/c1-13-2-4-14(5-3-13)25-18-16(11-21-25)19(27)24-15(12-29-20(24)22-18)10-17(26)23-6-8-28-9-7-23/h2-5,11,15H,6-10,12H2,1H3. The molecule has 1 unspecified atom stereocenters. The Morgan fingerprint density at radius 3 is 2.76 bits per heavy atom. The maximum Gasteiger partial charge on any atom is 0.265 e. The van der Waals surface area contributed by atoms with E-state index in [0.29, 0.717) is 54.7 Å². The molecule has 150 valence electrons. The summed E-state index contributed by atoms with van der Waals surface area (Å²) in [5.74, 6) is 0.734. The number of thioether (sulfide) groups is 1.